The quantitative estimate of drug-likeness (QED) is 0.645. The van der Waals surface area contributed by atoms with Crippen molar-refractivity contribution < 1.29 is 0 Å². The molecule has 1 aliphatic carbocycles. The van der Waals surface area contributed by atoms with Gasteiger partial charge in [-0.2, -0.15) is 0 Å². The summed E-state index contributed by atoms with van der Waals surface area (Å²) < 4.78 is 0. The average Bonchev–Trinajstić information content (AvgIpc) is 3.19. The standard InChI is InChI=1S/C21H24N4S/c1-22-11-3-7-15-5-2-6-16-9-10-18(25-20(15)16)19-14-24-21(26-19)17-8-4-12-23-13-17/h4,8-10,12-15,22H,2-3,5-7,11H2,1H3. The summed E-state index contributed by atoms with van der Waals surface area (Å²) in [6.45, 7) is 1.08. The van der Waals surface area contributed by atoms with E-state index in [1.165, 1.54) is 36.9 Å². The van der Waals surface area contributed by atoms with Crippen LogP contribution >= 0.6 is 11.3 Å². The van der Waals surface area contributed by atoms with E-state index in [2.05, 4.69) is 27.4 Å². The zero-order chi connectivity index (χ0) is 17.8. The van der Waals surface area contributed by atoms with Crippen LogP contribution in [-0.2, 0) is 6.42 Å². The van der Waals surface area contributed by atoms with Gasteiger partial charge in [0.15, 0.2) is 0 Å². The number of aromatic nitrogens is 3. The molecule has 5 heteroatoms. The van der Waals surface area contributed by atoms with Gasteiger partial charge < -0.3 is 5.32 Å². The first kappa shape index (κ1) is 17.3. The summed E-state index contributed by atoms with van der Waals surface area (Å²) in [7, 11) is 2.02. The molecule has 3 aromatic rings. The zero-order valence-electron chi connectivity index (χ0n) is 15.1. The number of pyridine rings is 2. The molecule has 0 saturated carbocycles. The van der Waals surface area contributed by atoms with Crippen LogP contribution in [0.4, 0.5) is 0 Å². The number of hydrogen-bond donors (Lipinski definition) is 1. The lowest BCUT2D eigenvalue weighted by molar-refractivity contribution is 0.487. The molecule has 0 bridgehead atoms. The molecular weight excluding hydrogens is 340 g/mol. The molecule has 134 valence electrons. The Balaban J connectivity index is 1.60. The van der Waals surface area contributed by atoms with Crippen molar-refractivity contribution in [1.29, 1.82) is 0 Å². The van der Waals surface area contributed by atoms with Gasteiger partial charge >= 0.3 is 0 Å². The molecule has 1 unspecified atom stereocenters. The summed E-state index contributed by atoms with van der Waals surface area (Å²) in [6, 6.07) is 8.44. The molecule has 4 nitrogen and oxygen atoms in total. The molecule has 0 saturated heterocycles. The van der Waals surface area contributed by atoms with Gasteiger partial charge in [0.05, 0.1) is 10.6 Å². The third kappa shape index (κ3) is 3.69. The van der Waals surface area contributed by atoms with E-state index >= 15 is 0 Å². The molecule has 1 aliphatic rings. The zero-order valence-corrected chi connectivity index (χ0v) is 15.9. The van der Waals surface area contributed by atoms with Crippen LogP contribution < -0.4 is 5.32 Å². The fraction of sp³-hybridized carbons (Fsp3) is 0.381. The summed E-state index contributed by atoms with van der Waals surface area (Å²) >= 11 is 1.69. The van der Waals surface area contributed by atoms with E-state index in [0.29, 0.717) is 5.92 Å². The molecule has 4 rings (SSSR count). The lowest BCUT2D eigenvalue weighted by atomic mass is 9.83. The van der Waals surface area contributed by atoms with Gasteiger partial charge in [0.1, 0.15) is 5.01 Å². The number of fused-ring (bicyclic) bond motifs is 1. The molecule has 0 amide bonds. The van der Waals surface area contributed by atoms with Crippen LogP contribution in [0.2, 0.25) is 0 Å². The number of nitrogens with one attached hydrogen (secondary N) is 1. The highest BCUT2D eigenvalue weighted by molar-refractivity contribution is 7.18. The van der Waals surface area contributed by atoms with Crippen molar-refractivity contribution in [3.63, 3.8) is 0 Å². The van der Waals surface area contributed by atoms with Gasteiger partial charge in [0.2, 0.25) is 0 Å². The summed E-state index contributed by atoms with van der Waals surface area (Å²) in [4.78, 5) is 15.0. The highest BCUT2D eigenvalue weighted by Gasteiger charge is 2.22. The van der Waals surface area contributed by atoms with Crippen molar-refractivity contribution in [2.45, 2.75) is 38.0 Å². The van der Waals surface area contributed by atoms with Crippen molar-refractivity contribution >= 4 is 11.3 Å². The van der Waals surface area contributed by atoms with E-state index in [9.17, 15) is 0 Å². The van der Waals surface area contributed by atoms with E-state index in [-0.39, 0.29) is 0 Å². The maximum atomic E-state index is 5.09. The van der Waals surface area contributed by atoms with Crippen LogP contribution in [0.5, 0.6) is 0 Å². The maximum absolute atomic E-state index is 5.09. The van der Waals surface area contributed by atoms with Crippen LogP contribution in [0.1, 0.15) is 42.9 Å². The Morgan fingerprint density at radius 3 is 3.04 bits per heavy atom. The summed E-state index contributed by atoms with van der Waals surface area (Å²) in [5.74, 6) is 0.595. The van der Waals surface area contributed by atoms with Crippen molar-refractivity contribution in [3.8, 4) is 21.1 Å². The van der Waals surface area contributed by atoms with Gasteiger partial charge in [-0.25, -0.2) is 4.98 Å². The number of hydrogen-bond acceptors (Lipinski definition) is 5. The monoisotopic (exact) mass is 364 g/mol. The number of thiazole rings is 1. The molecule has 1 atom stereocenters. The Labute approximate surface area is 158 Å². The Morgan fingerprint density at radius 1 is 1.23 bits per heavy atom. The molecule has 0 fully saturated rings. The van der Waals surface area contributed by atoms with Crippen molar-refractivity contribution in [3.05, 3.63) is 54.1 Å². The molecule has 0 radical (unpaired) electrons. The highest BCUT2D eigenvalue weighted by Crippen LogP contribution is 2.36. The summed E-state index contributed by atoms with van der Waals surface area (Å²) in [5.41, 5.74) is 4.87. The first-order valence-electron chi connectivity index (χ1n) is 9.36. The molecule has 0 spiro atoms. The maximum Gasteiger partial charge on any atom is 0.125 e. The van der Waals surface area contributed by atoms with Crippen molar-refractivity contribution in [2.24, 2.45) is 0 Å². The molecule has 1 N–H and O–H groups in total. The van der Waals surface area contributed by atoms with Gasteiger partial charge in [-0.15, -0.1) is 11.3 Å². The van der Waals surface area contributed by atoms with Gasteiger partial charge in [-0.3, -0.25) is 9.97 Å². The molecule has 0 aromatic carbocycles. The molecular formula is C21H24N4S. The van der Waals surface area contributed by atoms with E-state index in [4.69, 9.17) is 4.98 Å². The summed E-state index contributed by atoms with van der Waals surface area (Å²) in [5, 5.41) is 4.25. The lowest BCUT2D eigenvalue weighted by Gasteiger charge is -2.25. The van der Waals surface area contributed by atoms with E-state index in [0.717, 1.165) is 34.1 Å². The second kappa shape index (κ2) is 8.06. The minimum atomic E-state index is 0.595. The minimum Gasteiger partial charge on any atom is -0.320 e. The van der Waals surface area contributed by atoms with E-state index < -0.39 is 0 Å². The highest BCUT2D eigenvalue weighted by atomic mass is 32.1. The van der Waals surface area contributed by atoms with Gasteiger partial charge in [0, 0.05) is 35.8 Å². The third-order valence-corrected chi connectivity index (χ3v) is 6.11. The lowest BCUT2D eigenvalue weighted by Crippen LogP contribution is -2.15. The van der Waals surface area contributed by atoms with Gasteiger partial charge in [0.25, 0.3) is 0 Å². The van der Waals surface area contributed by atoms with Gasteiger partial charge in [-0.1, -0.05) is 6.07 Å². The molecule has 26 heavy (non-hydrogen) atoms. The Hall–Kier alpha value is -2.11. The second-order valence-electron chi connectivity index (χ2n) is 6.85. The second-order valence-corrected chi connectivity index (χ2v) is 7.88. The SMILES string of the molecule is CNCCCC1CCCc2ccc(-c3cnc(-c4cccnc4)s3)nc21. The Kier molecular flexibility index (Phi) is 5.37. The number of aryl methyl sites for hydroxylation is 1. The molecule has 3 aromatic heterocycles. The summed E-state index contributed by atoms with van der Waals surface area (Å²) in [6.07, 6.45) is 11.7. The van der Waals surface area contributed by atoms with Crippen molar-refractivity contribution in [2.75, 3.05) is 13.6 Å². The first-order chi connectivity index (χ1) is 12.8. The van der Waals surface area contributed by atoms with Crippen LogP contribution in [-0.4, -0.2) is 28.5 Å². The van der Waals surface area contributed by atoms with Crippen molar-refractivity contribution in [1.82, 2.24) is 20.3 Å². The normalized spacial score (nSPS) is 16.4. The number of rotatable bonds is 6. The topological polar surface area (TPSA) is 50.7 Å². The molecule has 0 aliphatic heterocycles. The van der Waals surface area contributed by atoms with Gasteiger partial charge in [-0.05, 0) is 69.5 Å². The Bertz CT molecular complexity index is 859. The fourth-order valence-electron chi connectivity index (χ4n) is 3.70. The van der Waals surface area contributed by atoms with Crippen LogP contribution in [0.25, 0.3) is 21.1 Å². The van der Waals surface area contributed by atoms with Crippen LogP contribution in [0.3, 0.4) is 0 Å². The fourth-order valence-corrected chi connectivity index (χ4v) is 4.58. The minimum absolute atomic E-state index is 0.595. The molecule has 3 heterocycles. The largest absolute Gasteiger partial charge is 0.320 e. The van der Waals surface area contributed by atoms with E-state index in [1.807, 2.05) is 31.6 Å². The predicted molar refractivity (Wildman–Crippen MR) is 107 cm³/mol. The predicted octanol–water partition coefficient (Wildman–Crippen LogP) is 4.69. The smallest absolute Gasteiger partial charge is 0.125 e. The van der Waals surface area contributed by atoms with Crippen LogP contribution in [0, 0.1) is 0 Å². The van der Waals surface area contributed by atoms with E-state index in [1.54, 1.807) is 17.5 Å². The number of nitrogens with zero attached hydrogens (tertiary/aromatic N) is 3. The first-order valence-corrected chi connectivity index (χ1v) is 10.2. The van der Waals surface area contributed by atoms with Crippen LogP contribution in [0.15, 0.2) is 42.9 Å². The average molecular weight is 365 g/mol. The Morgan fingerprint density at radius 2 is 2.19 bits per heavy atom. The third-order valence-electron chi connectivity index (χ3n) is 5.04.